The number of hydrogen-bond acceptors (Lipinski definition) is 4. The predicted octanol–water partition coefficient (Wildman–Crippen LogP) is 0.464. The topological polar surface area (TPSA) is 87.3 Å². The average molecular weight is 343 g/mol. The average Bonchev–Trinajstić information content (AvgIpc) is 2.43. The molecular formula is C15H22FN3O3S. The van der Waals surface area contributed by atoms with Crippen LogP contribution in [0.15, 0.2) is 29.2 Å². The normalized spacial score (nSPS) is 16.9. The standard InChI is InChI=1S/C15H22FN3O3S/c1-10(2)14(15(20)18-9-11-7-17-8-11)19-23(21,22)13-6-4-3-5-12(13)16/h3-6,10-11,14,17,19H,7-9H2,1-2H3,(H,18,20). The van der Waals surface area contributed by atoms with Crippen LogP contribution in [0.3, 0.4) is 0 Å². The molecule has 0 aromatic heterocycles. The second-order valence-corrected chi connectivity index (χ2v) is 7.73. The van der Waals surface area contributed by atoms with E-state index in [0.717, 1.165) is 19.2 Å². The lowest BCUT2D eigenvalue weighted by Gasteiger charge is -2.28. The van der Waals surface area contributed by atoms with Gasteiger partial charge in [0.15, 0.2) is 0 Å². The van der Waals surface area contributed by atoms with Crippen molar-refractivity contribution >= 4 is 15.9 Å². The van der Waals surface area contributed by atoms with E-state index in [-0.39, 0.29) is 5.92 Å². The lowest BCUT2D eigenvalue weighted by Crippen LogP contribution is -2.53. The van der Waals surface area contributed by atoms with Crippen molar-refractivity contribution in [3.8, 4) is 0 Å². The number of nitrogens with one attached hydrogen (secondary N) is 3. The lowest BCUT2D eigenvalue weighted by molar-refractivity contribution is -0.123. The van der Waals surface area contributed by atoms with Crippen LogP contribution in [0.25, 0.3) is 0 Å². The molecule has 2 rings (SSSR count). The van der Waals surface area contributed by atoms with Gasteiger partial charge in [0.25, 0.3) is 0 Å². The molecule has 8 heteroatoms. The fraction of sp³-hybridized carbons (Fsp3) is 0.533. The zero-order chi connectivity index (χ0) is 17.0. The third kappa shape index (κ3) is 4.49. The zero-order valence-corrected chi connectivity index (χ0v) is 14.0. The van der Waals surface area contributed by atoms with E-state index in [4.69, 9.17) is 0 Å². The van der Waals surface area contributed by atoms with E-state index in [0.29, 0.717) is 12.5 Å². The van der Waals surface area contributed by atoms with Gasteiger partial charge in [0.1, 0.15) is 16.8 Å². The second-order valence-electron chi connectivity index (χ2n) is 6.04. The summed E-state index contributed by atoms with van der Waals surface area (Å²) < 4.78 is 40.7. The van der Waals surface area contributed by atoms with Crippen LogP contribution in [0.4, 0.5) is 4.39 Å². The summed E-state index contributed by atoms with van der Waals surface area (Å²) >= 11 is 0. The van der Waals surface area contributed by atoms with Crippen molar-refractivity contribution < 1.29 is 17.6 Å². The Hall–Kier alpha value is -1.51. The molecule has 1 unspecified atom stereocenters. The van der Waals surface area contributed by atoms with E-state index in [1.165, 1.54) is 18.2 Å². The van der Waals surface area contributed by atoms with Gasteiger partial charge < -0.3 is 10.6 Å². The highest BCUT2D eigenvalue weighted by atomic mass is 32.2. The van der Waals surface area contributed by atoms with E-state index < -0.39 is 32.7 Å². The van der Waals surface area contributed by atoms with E-state index >= 15 is 0 Å². The Bertz CT molecular complexity index is 660. The summed E-state index contributed by atoms with van der Waals surface area (Å²) in [6.45, 7) is 5.65. The number of sulfonamides is 1. The van der Waals surface area contributed by atoms with Gasteiger partial charge in [0.2, 0.25) is 15.9 Å². The SMILES string of the molecule is CC(C)C(NS(=O)(=O)c1ccccc1F)C(=O)NCC1CNC1. The van der Waals surface area contributed by atoms with Crippen LogP contribution in [0.5, 0.6) is 0 Å². The molecule has 0 spiro atoms. The summed E-state index contributed by atoms with van der Waals surface area (Å²) in [5, 5.41) is 5.85. The van der Waals surface area contributed by atoms with Crippen LogP contribution in [0.2, 0.25) is 0 Å². The van der Waals surface area contributed by atoms with Gasteiger partial charge in [0, 0.05) is 25.6 Å². The Morgan fingerprint density at radius 2 is 2.00 bits per heavy atom. The van der Waals surface area contributed by atoms with Crippen molar-refractivity contribution in [2.45, 2.75) is 24.8 Å². The molecule has 1 heterocycles. The molecule has 1 atom stereocenters. The Kier molecular flexibility index (Phi) is 5.72. The smallest absolute Gasteiger partial charge is 0.244 e. The van der Waals surface area contributed by atoms with Gasteiger partial charge in [-0.1, -0.05) is 26.0 Å². The fourth-order valence-corrected chi connectivity index (χ4v) is 3.66. The van der Waals surface area contributed by atoms with Crippen molar-refractivity contribution in [1.29, 1.82) is 0 Å². The van der Waals surface area contributed by atoms with Crippen molar-refractivity contribution in [2.24, 2.45) is 11.8 Å². The molecule has 1 aliphatic rings. The second kappa shape index (κ2) is 7.37. The predicted molar refractivity (Wildman–Crippen MR) is 84.7 cm³/mol. The number of halogens is 1. The first-order valence-electron chi connectivity index (χ1n) is 7.56. The van der Waals surface area contributed by atoms with Gasteiger partial charge in [-0.05, 0) is 18.1 Å². The van der Waals surface area contributed by atoms with Crippen molar-refractivity contribution in [2.75, 3.05) is 19.6 Å². The number of hydrogen-bond donors (Lipinski definition) is 3. The molecule has 1 fully saturated rings. The summed E-state index contributed by atoms with van der Waals surface area (Å²) in [5.74, 6) is -1.14. The van der Waals surface area contributed by atoms with Gasteiger partial charge in [-0.3, -0.25) is 4.79 Å². The number of amides is 1. The van der Waals surface area contributed by atoms with Gasteiger partial charge in [-0.15, -0.1) is 0 Å². The van der Waals surface area contributed by atoms with Gasteiger partial charge >= 0.3 is 0 Å². The Morgan fingerprint density at radius 1 is 1.35 bits per heavy atom. The number of carbonyl (C=O) groups is 1. The molecule has 1 aromatic rings. The summed E-state index contributed by atoms with van der Waals surface area (Å²) in [4.78, 5) is 11.8. The lowest BCUT2D eigenvalue weighted by atomic mass is 10.0. The minimum atomic E-state index is -4.11. The van der Waals surface area contributed by atoms with Gasteiger partial charge in [0.05, 0.1) is 0 Å². The van der Waals surface area contributed by atoms with Crippen LogP contribution in [0, 0.1) is 17.7 Å². The van der Waals surface area contributed by atoms with Crippen LogP contribution in [-0.2, 0) is 14.8 Å². The molecular weight excluding hydrogens is 321 g/mol. The molecule has 0 saturated carbocycles. The highest BCUT2D eigenvalue weighted by Gasteiger charge is 2.30. The van der Waals surface area contributed by atoms with Crippen LogP contribution >= 0.6 is 0 Å². The van der Waals surface area contributed by atoms with Crippen LogP contribution < -0.4 is 15.4 Å². The monoisotopic (exact) mass is 343 g/mol. The minimum Gasteiger partial charge on any atom is -0.354 e. The van der Waals surface area contributed by atoms with Gasteiger partial charge in [-0.2, -0.15) is 4.72 Å². The maximum Gasteiger partial charge on any atom is 0.244 e. The van der Waals surface area contributed by atoms with Crippen molar-refractivity contribution in [3.05, 3.63) is 30.1 Å². The molecule has 1 aliphatic heterocycles. The van der Waals surface area contributed by atoms with E-state index in [2.05, 4.69) is 15.4 Å². The quantitative estimate of drug-likeness (QED) is 0.671. The van der Waals surface area contributed by atoms with E-state index in [1.807, 2.05) is 0 Å². The molecule has 1 saturated heterocycles. The number of benzene rings is 1. The Labute approximate surface area is 135 Å². The largest absolute Gasteiger partial charge is 0.354 e. The third-order valence-electron chi connectivity index (χ3n) is 3.79. The molecule has 0 bridgehead atoms. The molecule has 3 N–H and O–H groups in total. The number of carbonyl (C=O) groups excluding carboxylic acids is 1. The van der Waals surface area contributed by atoms with E-state index in [9.17, 15) is 17.6 Å². The molecule has 0 aliphatic carbocycles. The molecule has 1 aromatic carbocycles. The summed E-state index contributed by atoms with van der Waals surface area (Å²) in [6, 6.07) is 4.14. The van der Waals surface area contributed by atoms with Crippen LogP contribution in [-0.4, -0.2) is 40.0 Å². The highest BCUT2D eigenvalue weighted by Crippen LogP contribution is 2.15. The Balaban J connectivity index is 2.08. The van der Waals surface area contributed by atoms with Gasteiger partial charge in [-0.25, -0.2) is 12.8 Å². The van der Waals surface area contributed by atoms with Crippen LogP contribution in [0.1, 0.15) is 13.8 Å². The third-order valence-corrected chi connectivity index (χ3v) is 5.26. The number of rotatable bonds is 7. The molecule has 128 valence electrons. The summed E-state index contributed by atoms with van der Waals surface area (Å²) in [5.41, 5.74) is 0. The minimum absolute atomic E-state index is 0.268. The van der Waals surface area contributed by atoms with Crippen molar-refractivity contribution in [3.63, 3.8) is 0 Å². The first-order valence-corrected chi connectivity index (χ1v) is 9.05. The van der Waals surface area contributed by atoms with Crippen molar-refractivity contribution in [1.82, 2.24) is 15.4 Å². The first kappa shape index (κ1) is 17.8. The first-order chi connectivity index (χ1) is 10.8. The summed E-state index contributed by atoms with van der Waals surface area (Å²) in [7, 11) is -4.11. The summed E-state index contributed by atoms with van der Waals surface area (Å²) in [6.07, 6.45) is 0. The maximum absolute atomic E-state index is 13.7. The van der Waals surface area contributed by atoms with E-state index in [1.54, 1.807) is 13.8 Å². The zero-order valence-electron chi connectivity index (χ0n) is 13.2. The molecule has 6 nitrogen and oxygen atoms in total. The molecule has 1 amide bonds. The fourth-order valence-electron chi connectivity index (χ4n) is 2.23. The maximum atomic E-state index is 13.7. The highest BCUT2D eigenvalue weighted by molar-refractivity contribution is 7.89. The Morgan fingerprint density at radius 3 is 2.52 bits per heavy atom. The molecule has 23 heavy (non-hydrogen) atoms. The molecule has 0 radical (unpaired) electrons.